The van der Waals surface area contributed by atoms with Gasteiger partial charge in [0, 0.05) is 28.7 Å². The van der Waals surface area contributed by atoms with E-state index in [0.717, 1.165) is 27.9 Å². The summed E-state index contributed by atoms with van der Waals surface area (Å²) in [5, 5.41) is 4.12. The van der Waals surface area contributed by atoms with Gasteiger partial charge in [0.05, 0.1) is 7.11 Å². The summed E-state index contributed by atoms with van der Waals surface area (Å²) in [5.41, 5.74) is 3.92. The van der Waals surface area contributed by atoms with E-state index in [9.17, 15) is 4.79 Å². The lowest BCUT2D eigenvalue weighted by atomic mass is 10.1. The largest absolute Gasteiger partial charge is 0.497 e. The molecule has 0 atom stereocenters. The van der Waals surface area contributed by atoms with E-state index in [2.05, 4.69) is 16.4 Å². The smallest absolute Gasteiger partial charge is 0.251 e. The van der Waals surface area contributed by atoms with Crippen LogP contribution in [0.5, 0.6) is 5.75 Å². The third-order valence-corrected chi connectivity index (χ3v) is 3.80. The summed E-state index contributed by atoms with van der Waals surface area (Å²) in [5.74, 6) is 0.649. The fourth-order valence-electron chi connectivity index (χ4n) is 2.58. The Morgan fingerprint density at radius 2 is 1.86 bits per heavy atom. The molecule has 3 aromatic rings. The highest BCUT2D eigenvalue weighted by Crippen LogP contribution is 2.21. The molecule has 0 aliphatic rings. The minimum Gasteiger partial charge on any atom is -0.497 e. The molecule has 1 aromatic heterocycles. The van der Waals surface area contributed by atoms with E-state index in [1.807, 2.05) is 25.1 Å². The van der Waals surface area contributed by atoms with Crippen LogP contribution in [-0.2, 0) is 6.54 Å². The molecule has 0 spiro atoms. The van der Waals surface area contributed by atoms with Crippen LogP contribution in [0, 0.1) is 6.92 Å². The number of amides is 1. The number of fused-ring (bicyclic) bond motifs is 1. The molecular formula is C18H18N2O2. The number of rotatable bonds is 4. The average molecular weight is 294 g/mol. The molecule has 0 saturated heterocycles. The number of aromatic nitrogens is 1. The molecule has 0 saturated carbocycles. The van der Waals surface area contributed by atoms with E-state index in [1.54, 1.807) is 31.4 Å². The van der Waals surface area contributed by atoms with Crippen LogP contribution in [-0.4, -0.2) is 18.0 Å². The fourth-order valence-corrected chi connectivity index (χ4v) is 2.58. The Morgan fingerprint density at radius 3 is 2.59 bits per heavy atom. The van der Waals surface area contributed by atoms with Crippen molar-refractivity contribution in [3.05, 3.63) is 65.4 Å². The number of hydrogen-bond acceptors (Lipinski definition) is 2. The first kappa shape index (κ1) is 14.2. The number of benzene rings is 2. The molecular weight excluding hydrogens is 276 g/mol. The Labute approximate surface area is 129 Å². The highest BCUT2D eigenvalue weighted by atomic mass is 16.5. The van der Waals surface area contributed by atoms with Gasteiger partial charge in [0.1, 0.15) is 5.75 Å². The molecule has 0 fully saturated rings. The lowest BCUT2D eigenvalue weighted by molar-refractivity contribution is 0.0951. The van der Waals surface area contributed by atoms with Crippen LogP contribution in [0.2, 0.25) is 0 Å². The average Bonchev–Trinajstić information content (AvgIpc) is 2.88. The summed E-state index contributed by atoms with van der Waals surface area (Å²) in [7, 11) is 1.61. The second-order valence-corrected chi connectivity index (χ2v) is 5.19. The lowest BCUT2D eigenvalue weighted by Gasteiger charge is -2.06. The van der Waals surface area contributed by atoms with Crippen molar-refractivity contribution in [3.63, 3.8) is 0 Å². The van der Waals surface area contributed by atoms with Gasteiger partial charge in [-0.15, -0.1) is 0 Å². The Balaban J connectivity index is 1.75. The molecule has 4 nitrogen and oxygen atoms in total. The van der Waals surface area contributed by atoms with E-state index in [0.29, 0.717) is 12.1 Å². The molecule has 3 rings (SSSR count). The van der Waals surface area contributed by atoms with Crippen molar-refractivity contribution in [3.8, 4) is 5.75 Å². The molecule has 22 heavy (non-hydrogen) atoms. The molecule has 112 valence electrons. The van der Waals surface area contributed by atoms with Gasteiger partial charge in [0.15, 0.2) is 0 Å². The lowest BCUT2D eigenvalue weighted by Crippen LogP contribution is -2.22. The first-order valence-corrected chi connectivity index (χ1v) is 7.17. The van der Waals surface area contributed by atoms with Crippen LogP contribution in [0.4, 0.5) is 0 Å². The van der Waals surface area contributed by atoms with Crippen LogP contribution >= 0.6 is 0 Å². The van der Waals surface area contributed by atoms with E-state index in [-0.39, 0.29) is 5.91 Å². The predicted molar refractivity (Wildman–Crippen MR) is 87.2 cm³/mol. The zero-order chi connectivity index (χ0) is 15.5. The van der Waals surface area contributed by atoms with E-state index < -0.39 is 0 Å². The van der Waals surface area contributed by atoms with Crippen LogP contribution in [0.25, 0.3) is 10.9 Å². The standard InChI is InChI=1S/C18H18N2O2/c1-12-16(15-5-3-4-6-17(15)20-12)11-19-18(21)13-7-9-14(22-2)10-8-13/h3-10,20H,11H2,1-2H3,(H,19,21). The van der Waals surface area contributed by atoms with Crippen LogP contribution in [0.1, 0.15) is 21.6 Å². The van der Waals surface area contributed by atoms with Gasteiger partial charge in [-0.05, 0) is 42.8 Å². The monoisotopic (exact) mass is 294 g/mol. The summed E-state index contributed by atoms with van der Waals surface area (Å²) in [6.07, 6.45) is 0. The Kier molecular flexibility index (Phi) is 3.83. The third-order valence-electron chi connectivity index (χ3n) is 3.80. The number of carbonyl (C=O) groups excluding carboxylic acids is 1. The summed E-state index contributed by atoms with van der Waals surface area (Å²) < 4.78 is 5.10. The van der Waals surface area contributed by atoms with Gasteiger partial charge in [-0.3, -0.25) is 4.79 Å². The van der Waals surface area contributed by atoms with E-state index >= 15 is 0 Å². The van der Waals surface area contributed by atoms with Gasteiger partial charge in [-0.2, -0.15) is 0 Å². The van der Waals surface area contributed by atoms with E-state index in [4.69, 9.17) is 4.74 Å². The number of H-pyrrole nitrogens is 1. The van der Waals surface area contributed by atoms with Crippen LogP contribution in [0.15, 0.2) is 48.5 Å². The van der Waals surface area contributed by atoms with Gasteiger partial charge < -0.3 is 15.0 Å². The summed E-state index contributed by atoms with van der Waals surface area (Å²) in [4.78, 5) is 15.6. The van der Waals surface area contributed by atoms with Crippen molar-refractivity contribution < 1.29 is 9.53 Å². The highest BCUT2D eigenvalue weighted by Gasteiger charge is 2.10. The number of carbonyl (C=O) groups is 1. The van der Waals surface area contributed by atoms with Crippen LogP contribution in [0.3, 0.4) is 0 Å². The van der Waals surface area contributed by atoms with Gasteiger partial charge in [-0.1, -0.05) is 18.2 Å². The SMILES string of the molecule is COc1ccc(C(=O)NCc2c(C)[nH]c3ccccc23)cc1. The van der Waals surface area contributed by atoms with Gasteiger partial charge in [-0.25, -0.2) is 0 Å². The number of nitrogens with one attached hydrogen (secondary N) is 2. The molecule has 0 bridgehead atoms. The first-order chi connectivity index (χ1) is 10.7. The fraction of sp³-hybridized carbons (Fsp3) is 0.167. The highest BCUT2D eigenvalue weighted by molar-refractivity contribution is 5.94. The zero-order valence-corrected chi connectivity index (χ0v) is 12.6. The number of para-hydroxylation sites is 1. The van der Waals surface area contributed by atoms with Crippen molar-refractivity contribution in [2.45, 2.75) is 13.5 Å². The third kappa shape index (κ3) is 2.68. The maximum absolute atomic E-state index is 12.2. The molecule has 1 amide bonds. The second kappa shape index (κ2) is 5.93. The predicted octanol–water partition coefficient (Wildman–Crippen LogP) is 3.41. The maximum atomic E-state index is 12.2. The normalized spacial score (nSPS) is 10.6. The topological polar surface area (TPSA) is 54.1 Å². The number of hydrogen-bond donors (Lipinski definition) is 2. The number of methoxy groups -OCH3 is 1. The molecule has 0 aliphatic carbocycles. The van der Waals surface area contributed by atoms with Crippen molar-refractivity contribution in [2.24, 2.45) is 0 Å². The number of ether oxygens (including phenoxy) is 1. The first-order valence-electron chi connectivity index (χ1n) is 7.17. The Morgan fingerprint density at radius 1 is 1.14 bits per heavy atom. The van der Waals surface area contributed by atoms with Gasteiger partial charge in [0.2, 0.25) is 0 Å². The van der Waals surface area contributed by atoms with Crippen LogP contribution < -0.4 is 10.1 Å². The van der Waals surface area contributed by atoms with Crippen molar-refractivity contribution >= 4 is 16.8 Å². The van der Waals surface area contributed by atoms with Crippen molar-refractivity contribution in [2.75, 3.05) is 7.11 Å². The molecule has 0 unspecified atom stereocenters. The number of aryl methyl sites for hydroxylation is 1. The Bertz CT molecular complexity index is 804. The minimum absolute atomic E-state index is 0.0904. The quantitative estimate of drug-likeness (QED) is 0.774. The summed E-state index contributed by atoms with van der Waals surface area (Å²) >= 11 is 0. The molecule has 0 aliphatic heterocycles. The molecule has 2 aromatic carbocycles. The summed E-state index contributed by atoms with van der Waals surface area (Å²) in [6.45, 7) is 2.52. The minimum atomic E-state index is -0.0904. The molecule has 1 heterocycles. The molecule has 2 N–H and O–H groups in total. The summed E-state index contributed by atoms with van der Waals surface area (Å²) in [6, 6.07) is 15.2. The van der Waals surface area contributed by atoms with Gasteiger partial charge in [0.25, 0.3) is 5.91 Å². The molecule has 0 radical (unpaired) electrons. The van der Waals surface area contributed by atoms with E-state index in [1.165, 1.54) is 0 Å². The number of aromatic amines is 1. The van der Waals surface area contributed by atoms with Crippen molar-refractivity contribution in [1.82, 2.24) is 10.3 Å². The maximum Gasteiger partial charge on any atom is 0.251 e. The van der Waals surface area contributed by atoms with Gasteiger partial charge >= 0.3 is 0 Å². The van der Waals surface area contributed by atoms with Crippen molar-refractivity contribution in [1.29, 1.82) is 0 Å². The molecule has 4 heteroatoms. The Hall–Kier alpha value is -2.75. The second-order valence-electron chi connectivity index (χ2n) is 5.19. The zero-order valence-electron chi connectivity index (χ0n) is 12.6.